The van der Waals surface area contributed by atoms with Gasteiger partial charge in [-0.1, -0.05) is 6.92 Å². The summed E-state index contributed by atoms with van der Waals surface area (Å²) in [6.45, 7) is 2.73. The maximum atomic E-state index is 12.8. The molecule has 6 heteroatoms. The van der Waals surface area contributed by atoms with Gasteiger partial charge in [-0.2, -0.15) is 13.2 Å². The first kappa shape index (κ1) is 15.4. The minimum Gasteiger partial charge on any atom is -0.465 e. The van der Waals surface area contributed by atoms with Gasteiger partial charge in [-0.15, -0.1) is 0 Å². The Morgan fingerprint density at radius 1 is 1.40 bits per heavy atom. The number of furan rings is 1. The van der Waals surface area contributed by atoms with E-state index in [1.807, 2.05) is 6.92 Å². The van der Waals surface area contributed by atoms with Crippen molar-refractivity contribution in [1.29, 1.82) is 0 Å². The summed E-state index contributed by atoms with van der Waals surface area (Å²) in [4.78, 5) is 1.46. The molecule has 0 aliphatic heterocycles. The fourth-order valence-corrected chi connectivity index (χ4v) is 2.52. The Morgan fingerprint density at radius 2 is 2.05 bits per heavy atom. The zero-order valence-electron chi connectivity index (χ0n) is 11.8. The van der Waals surface area contributed by atoms with E-state index in [0.29, 0.717) is 17.9 Å². The van der Waals surface area contributed by atoms with Crippen molar-refractivity contribution in [3.8, 4) is 0 Å². The van der Waals surface area contributed by atoms with Gasteiger partial charge in [0.2, 0.25) is 0 Å². The molecule has 2 unspecified atom stereocenters. The Labute approximate surface area is 116 Å². The van der Waals surface area contributed by atoms with Gasteiger partial charge in [-0.25, -0.2) is 0 Å². The maximum absolute atomic E-state index is 12.8. The SMILES string of the molecule is CCC(N)C(c1ccc(C)o1)N(CC(F)(F)F)C1CC1. The lowest BCUT2D eigenvalue weighted by Crippen LogP contribution is -2.46. The van der Waals surface area contributed by atoms with Gasteiger partial charge in [0, 0.05) is 12.1 Å². The van der Waals surface area contributed by atoms with E-state index in [2.05, 4.69) is 0 Å². The summed E-state index contributed by atoms with van der Waals surface area (Å²) < 4.78 is 44.0. The van der Waals surface area contributed by atoms with Crippen LogP contribution in [0.5, 0.6) is 0 Å². The van der Waals surface area contributed by atoms with E-state index in [-0.39, 0.29) is 12.1 Å². The van der Waals surface area contributed by atoms with Gasteiger partial charge in [0.05, 0.1) is 12.6 Å². The highest BCUT2D eigenvalue weighted by molar-refractivity contribution is 5.13. The van der Waals surface area contributed by atoms with Gasteiger partial charge in [-0.05, 0) is 38.3 Å². The van der Waals surface area contributed by atoms with Gasteiger partial charge in [0.1, 0.15) is 11.5 Å². The van der Waals surface area contributed by atoms with E-state index >= 15 is 0 Å². The second kappa shape index (κ2) is 5.77. The molecule has 1 fully saturated rings. The first-order valence-corrected chi connectivity index (χ1v) is 6.96. The van der Waals surface area contributed by atoms with E-state index < -0.39 is 18.8 Å². The third-order valence-electron chi connectivity index (χ3n) is 3.66. The van der Waals surface area contributed by atoms with Crippen LogP contribution in [-0.2, 0) is 0 Å². The van der Waals surface area contributed by atoms with E-state index in [1.165, 1.54) is 4.90 Å². The first-order chi connectivity index (χ1) is 9.31. The Kier molecular flexibility index (Phi) is 4.44. The molecule has 2 rings (SSSR count). The lowest BCUT2D eigenvalue weighted by Gasteiger charge is -2.34. The third kappa shape index (κ3) is 3.76. The zero-order valence-corrected chi connectivity index (χ0v) is 11.8. The highest BCUT2D eigenvalue weighted by atomic mass is 19.4. The molecule has 0 radical (unpaired) electrons. The normalized spacial score (nSPS) is 19.4. The molecule has 0 aromatic carbocycles. The average molecular weight is 290 g/mol. The highest BCUT2D eigenvalue weighted by Crippen LogP contribution is 2.39. The fraction of sp³-hybridized carbons (Fsp3) is 0.714. The lowest BCUT2D eigenvalue weighted by atomic mass is 10.0. The number of halogens is 3. The second-order valence-electron chi connectivity index (χ2n) is 5.48. The smallest absolute Gasteiger partial charge is 0.401 e. The molecule has 1 aromatic heterocycles. The number of alkyl halides is 3. The summed E-state index contributed by atoms with van der Waals surface area (Å²) in [5, 5.41) is 0. The molecule has 3 nitrogen and oxygen atoms in total. The van der Waals surface area contributed by atoms with Crippen molar-refractivity contribution >= 4 is 0 Å². The fourth-order valence-electron chi connectivity index (χ4n) is 2.52. The summed E-state index contributed by atoms with van der Waals surface area (Å²) >= 11 is 0. The number of hydrogen-bond acceptors (Lipinski definition) is 3. The largest absolute Gasteiger partial charge is 0.465 e. The van der Waals surface area contributed by atoms with Gasteiger partial charge < -0.3 is 10.2 Å². The molecule has 0 saturated heterocycles. The van der Waals surface area contributed by atoms with E-state index in [0.717, 1.165) is 12.8 Å². The summed E-state index contributed by atoms with van der Waals surface area (Å²) in [5.74, 6) is 1.23. The standard InChI is InChI=1S/C14H21F3N2O/c1-3-11(18)13(12-7-4-9(2)20-12)19(10-5-6-10)8-14(15,16)17/h4,7,10-11,13H,3,5-6,8,18H2,1-2H3. The number of nitrogens with two attached hydrogens (primary N) is 1. The molecule has 1 saturated carbocycles. The van der Waals surface area contributed by atoms with Gasteiger partial charge >= 0.3 is 6.18 Å². The van der Waals surface area contributed by atoms with Crippen LogP contribution >= 0.6 is 0 Å². The highest BCUT2D eigenvalue weighted by Gasteiger charge is 2.44. The molecule has 0 spiro atoms. The predicted molar refractivity (Wildman–Crippen MR) is 70.2 cm³/mol. The molecular formula is C14H21F3N2O. The number of rotatable bonds is 6. The van der Waals surface area contributed by atoms with Crippen molar-refractivity contribution in [3.05, 3.63) is 23.7 Å². The Balaban J connectivity index is 2.27. The molecule has 2 N–H and O–H groups in total. The van der Waals surface area contributed by atoms with Crippen LogP contribution in [-0.4, -0.2) is 29.7 Å². The minimum absolute atomic E-state index is 0.0374. The van der Waals surface area contributed by atoms with Crippen LogP contribution in [0.25, 0.3) is 0 Å². The van der Waals surface area contributed by atoms with Crippen molar-refractivity contribution in [2.24, 2.45) is 5.73 Å². The quantitative estimate of drug-likeness (QED) is 0.873. The van der Waals surface area contributed by atoms with Crippen LogP contribution in [0.3, 0.4) is 0 Å². The Bertz CT molecular complexity index is 440. The Morgan fingerprint density at radius 3 is 2.45 bits per heavy atom. The van der Waals surface area contributed by atoms with Crippen LogP contribution in [0.4, 0.5) is 13.2 Å². The first-order valence-electron chi connectivity index (χ1n) is 6.96. The molecule has 114 valence electrons. The molecule has 1 aliphatic carbocycles. The molecule has 1 heterocycles. The van der Waals surface area contributed by atoms with Crippen molar-refractivity contribution < 1.29 is 17.6 Å². The second-order valence-corrected chi connectivity index (χ2v) is 5.48. The average Bonchev–Trinajstić information content (AvgIpc) is 3.10. The monoisotopic (exact) mass is 290 g/mol. The molecular weight excluding hydrogens is 269 g/mol. The van der Waals surface area contributed by atoms with Crippen molar-refractivity contribution in [2.75, 3.05) is 6.54 Å². The van der Waals surface area contributed by atoms with Crippen molar-refractivity contribution in [2.45, 2.75) is 57.4 Å². The summed E-state index contributed by atoms with van der Waals surface area (Å²) in [6, 6.07) is 2.58. The van der Waals surface area contributed by atoms with Gasteiger partial charge in [0.25, 0.3) is 0 Å². The van der Waals surface area contributed by atoms with E-state index in [1.54, 1.807) is 19.1 Å². The molecule has 0 bridgehead atoms. The number of hydrogen-bond donors (Lipinski definition) is 1. The molecule has 0 amide bonds. The predicted octanol–water partition coefficient (Wildman–Crippen LogP) is 3.39. The Hall–Kier alpha value is -1.01. The summed E-state index contributed by atoms with van der Waals surface area (Å²) in [5.41, 5.74) is 6.07. The topological polar surface area (TPSA) is 42.4 Å². The van der Waals surface area contributed by atoms with Gasteiger partial charge in [-0.3, -0.25) is 4.90 Å². The van der Waals surface area contributed by atoms with Crippen LogP contribution in [0.15, 0.2) is 16.5 Å². The van der Waals surface area contributed by atoms with Gasteiger partial charge in [0.15, 0.2) is 0 Å². The maximum Gasteiger partial charge on any atom is 0.401 e. The minimum atomic E-state index is -4.23. The van der Waals surface area contributed by atoms with Crippen LogP contribution in [0, 0.1) is 6.92 Å². The van der Waals surface area contributed by atoms with E-state index in [9.17, 15) is 13.2 Å². The number of aryl methyl sites for hydroxylation is 1. The van der Waals surface area contributed by atoms with Crippen LogP contribution in [0.1, 0.15) is 43.7 Å². The van der Waals surface area contributed by atoms with Crippen molar-refractivity contribution in [3.63, 3.8) is 0 Å². The summed E-state index contributed by atoms with van der Waals surface area (Å²) in [7, 11) is 0. The molecule has 1 aliphatic rings. The van der Waals surface area contributed by atoms with Crippen molar-refractivity contribution in [1.82, 2.24) is 4.90 Å². The number of nitrogens with zero attached hydrogens (tertiary/aromatic N) is 1. The molecule has 20 heavy (non-hydrogen) atoms. The molecule has 1 aromatic rings. The van der Waals surface area contributed by atoms with Crippen LogP contribution in [0.2, 0.25) is 0 Å². The third-order valence-corrected chi connectivity index (χ3v) is 3.66. The zero-order chi connectivity index (χ0) is 14.9. The van der Waals surface area contributed by atoms with E-state index in [4.69, 9.17) is 10.2 Å². The lowest BCUT2D eigenvalue weighted by molar-refractivity contribution is -0.154. The summed E-state index contributed by atoms with van der Waals surface area (Å²) in [6.07, 6.45) is -2.03. The van der Waals surface area contributed by atoms with Crippen LogP contribution < -0.4 is 5.73 Å². The molecule has 2 atom stereocenters.